The molecule has 3 N–H and O–H groups in total. The first-order valence-electron chi connectivity index (χ1n) is 7.64. The fourth-order valence-electron chi connectivity index (χ4n) is 2.38. The van der Waals surface area contributed by atoms with Gasteiger partial charge in [-0.05, 0) is 31.2 Å². The van der Waals surface area contributed by atoms with Gasteiger partial charge in [-0.25, -0.2) is 0 Å². The molecule has 0 aliphatic rings. The van der Waals surface area contributed by atoms with Crippen molar-refractivity contribution in [3.05, 3.63) is 64.4 Å². The van der Waals surface area contributed by atoms with Gasteiger partial charge in [0.15, 0.2) is 0 Å². The minimum absolute atomic E-state index is 0.0442. The van der Waals surface area contributed by atoms with Crippen molar-refractivity contribution in [1.29, 1.82) is 0 Å². The van der Waals surface area contributed by atoms with Crippen LogP contribution in [-0.4, -0.2) is 32.3 Å². The van der Waals surface area contributed by atoms with E-state index in [9.17, 15) is 14.7 Å². The Bertz CT molecular complexity index is 938. The van der Waals surface area contributed by atoms with E-state index in [1.807, 2.05) is 0 Å². The number of aliphatic hydroxyl groups is 1. The molecule has 3 rings (SSSR count). The molecule has 0 saturated heterocycles. The standard InChI is InChI=1S/C17H18N4O4/c1-17(24,11-8-19-21(2)9-11)10-18-15(22)12-5-6-13(20-16(12)23)14-4-3-7-25-14/h3-9,24H,10H2,1-2H3,(H,18,22)(H,20,23). The minimum Gasteiger partial charge on any atom is -0.463 e. The first-order chi connectivity index (χ1) is 11.9. The number of aromatic nitrogens is 3. The molecule has 1 atom stereocenters. The van der Waals surface area contributed by atoms with Crippen LogP contribution in [0.2, 0.25) is 0 Å². The number of aromatic amines is 1. The Morgan fingerprint density at radius 1 is 1.44 bits per heavy atom. The van der Waals surface area contributed by atoms with Gasteiger partial charge >= 0.3 is 0 Å². The molecule has 130 valence electrons. The van der Waals surface area contributed by atoms with Crippen LogP contribution >= 0.6 is 0 Å². The van der Waals surface area contributed by atoms with Crippen LogP contribution in [0, 0.1) is 0 Å². The molecule has 0 spiro atoms. The maximum Gasteiger partial charge on any atom is 0.261 e. The Balaban J connectivity index is 1.72. The van der Waals surface area contributed by atoms with Gasteiger partial charge < -0.3 is 19.8 Å². The summed E-state index contributed by atoms with van der Waals surface area (Å²) in [5.74, 6) is -0.0695. The molecule has 1 amide bonds. The van der Waals surface area contributed by atoms with Crippen LogP contribution in [0.3, 0.4) is 0 Å². The number of pyridine rings is 1. The van der Waals surface area contributed by atoms with Crippen LogP contribution in [0.25, 0.3) is 11.5 Å². The summed E-state index contributed by atoms with van der Waals surface area (Å²) in [6.45, 7) is 1.51. The van der Waals surface area contributed by atoms with Crippen molar-refractivity contribution >= 4 is 5.91 Å². The van der Waals surface area contributed by atoms with Crippen molar-refractivity contribution in [2.24, 2.45) is 7.05 Å². The number of H-pyrrole nitrogens is 1. The zero-order valence-electron chi connectivity index (χ0n) is 13.8. The third-order valence-corrected chi connectivity index (χ3v) is 3.86. The number of hydrogen-bond donors (Lipinski definition) is 3. The molecule has 1 unspecified atom stereocenters. The molecular weight excluding hydrogens is 324 g/mol. The number of nitrogens with one attached hydrogen (secondary N) is 2. The van der Waals surface area contributed by atoms with Gasteiger partial charge in [0.05, 0.1) is 24.7 Å². The molecule has 8 heteroatoms. The van der Waals surface area contributed by atoms with Crippen LogP contribution in [0.15, 0.2) is 52.1 Å². The molecule has 25 heavy (non-hydrogen) atoms. The van der Waals surface area contributed by atoms with E-state index < -0.39 is 17.1 Å². The zero-order valence-corrected chi connectivity index (χ0v) is 13.8. The normalized spacial score (nSPS) is 13.4. The third-order valence-electron chi connectivity index (χ3n) is 3.86. The van der Waals surface area contributed by atoms with Crippen LogP contribution in [0.4, 0.5) is 0 Å². The summed E-state index contributed by atoms with van der Waals surface area (Å²) in [5.41, 5.74) is -0.832. The summed E-state index contributed by atoms with van der Waals surface area (Å²) in [6, 6.07) is 6.42. The monoisotopic (exact) mass is 342 g/mol. The summed E-state index contributed by atoms with van der Waals surface area (Å²) < 4.78 is 6.77. The van der Waals surface area contributed by atoms with E-state index in [1.54, 1.807) is 43.0 Å². The topological polar surface area (TPSA) is 113 Å². The number of aryl methyl sites for hydroxylation is 1. The Morgan fingerprint density at radius 3 is 2.84 bits per heavy atom. The van der Waals surface area contributed by atoms with Gasteiger partial charge in [0.1, 0.15) is 16.9 Å². The lowest BCUT2D eigenvalue weighted by Gasteiger charge is -2.22. The second kappa shape index (κ2) is 6.40. The summed E-state index contributed by atoms with van der Waals surface area (Å²) in [7, 11) is 1.73. The lowest BCUT2D eigenvalue weighted by atomic mass is 9.99. The number of carbonyl (C=O) groups excluding carboxylic acids is 1. The lowest BCUT2D eigenvalue weighted by molar-refractivity contribution is 0.0525. The van der Waals surface area contributed by atoms with Gasteiger partial charge in [0.2, 0.25) is 0 Å². The Hall–Kier alpha value is -3.13. The predicted octanol–water partition coefficient (Wildman–Crippen LogP) is 1.01. The molecule has 3 heterocycles. The molecule has 0 saturated carbocycles. The predicted molar refractivity (Wildman–Crippen MR) is 89.9 cm³/mol. The highest BCUT2D eigenvalue weighted by Gasteiger charge is 2.26. The Labute approximate surface area is 143 Å². The summed E-state index contributed by atoms with van der Waals surface area (Å²) in [4.78, 5) is 27.0. The molecule has 8 nitrogen and oxygen atoms in total. The van der Waals surface area contributed by atoms with Gasteiger partial charge in [-0.3, -0.25) is 14.3 Å². The van der Waals surface area contributed by atoms with E-state index in [4.69, 9.17) is 4.42 Å². The zero-order chi connectivity index (χ0) is 18.0. The van der Waals surface area contributed by atoms with Gasteiger partial charge in [-0.15, -0.1) is 0 Å². The van der Waals surface area contributed by atoms with Crippen molar-refractivity contribution in [2.75, 3.05) is 6.54 Å². The van der Waals surface area contributed by atoms with Crippen molar-refractivity contribution in [3.63, 3.8) is 0 Å². The summed E-state index contributed by atoms with van der Waals surface area (Å²) in [6.07, 6.45) is 4.68. The number of carbonyl (C=O) groups is 1. The average Bonchev–Trinajstić information content (AvgIpc) is 3.24. The van der Waals surface area contributed by atoms with Gasteiger partial charge in [-0.1, -0.05) is 0 Å². The minimum atomic E-state index is -1.30. The second-order valence-corrected chi connectivity index (χ2v) is 5.95. The first-order valence-corrected chi connectivity index (χ1v) is 7.64. The smallest absolute Gasteiger partial charge is 0.261 e. The van der Waals surface area contributed by atoms with E-state index in [1.165, 1.54) is 18.5 Å². The van der Waals surface area contributed by atoms with Gasteiger partial charge in [0.25, 0.3) is 11.5 Å². The van der Waals surface area contributed by atoms with Gasteiger partial charge in [0, 0.05) is 18.8 Å². The molecule has 0 radical (unpaired) electrons. The second-order valence-electron chi connectivity index (χ2n) is 5.95. The number of rotatable bonds is 5. The fourth-order valence-corrected chi connectivity index (χ4v) is 2.38. The van der Waals surface area contributed by atoms with Gasteiger partial charge in [-0.2, -0.15) is 5.10 Å². The number of nitrogens with zero attached hydrogens (tertiary/aromatic N) is 2. The molecule has 0 bridgehead atoms. The Morgan fingerprint density at radius 2 is 2.24 bits per heavy atom. The van der Waals surface area contributed by atoms with Crippen molar-refractivity contribution < 1.29 is 14.3 Å². The number of hydrogen-bond acceptors (Lipinski definition) is 5. The maximum atomic E-state index is 12.3. The third kappa shape index (κ3) is 3.53. The van der Waals surface area contributed by atoms with Crippen molar-refractivity contribution in [1.82, 2.24) is 20.1 Å². The van der Waals surface area contributed by atoms with Crippen LogP contribution in [0.1, 0.15) is 22.8 Å². The highest BCUT2D eigenvalue weighted by molar-refractivity contribution is 5.94. The van der Waals surface area contributed by atoms with Crippen molar-refractivity contribution in [3.8, 4) is 11.5 Å². The van der Waals surface area contributed by atoms with Crippen LogP contribution in [-0.2, 0) is 12.6 Å². The van der Waals surface area contributed by atoms with E-state index in [0.717, 1.165) is 0 Å². The molecule has 0 aliphatic carbocycles. The SMILES string of the molecule is Cn1cc(C(C)(O)CNC(=O)c2ccc(-c3ccco3)[nH]c2=O)cn1. The quantitative estimate of drug-likeness (QED) is 0.640. The molecule has 3 aromatic heterocycles. The average molecular weight is 342 g/mol. The molecular formula is C17H18N4O4. The molecule has 0 aromatic carbocycles. The number of amides is 1. The first kappa shape index (κ1) is 16.7. The van der Waals surface area contributed by atoms with E-state index in [2.05, 4.69) is 15.4 Å². The summed E-state index contributed by atoms with van der Waals surface area (Å²) >= 11 is 0. The van der Waals surface area contributed by atoms with Crippen LogP contribution < -0.4 is 10.9 Å². The Kier molecular flexibility index (Phi) is 4.28. The van der Waals surface area contributed by atoms with E-state index in [0.29, 0.717) is 17.0 Å². The molecule has 0 aliphatic heterocycles. The highest BCUT2D eigenvalue weighted by Crippen LogP contribution is 2.19. The number of furan rings is 1. The van der Waals surface area contributed by atoms with E-state index in [-0.39, 0.29) is 12.1 Å². The molecule has 0 fully saturated rings. The fraction of sp³-hybridized carbons (Fsp3) is 0.235. The highest BCUT2D eigenvalue weighted by atomic mass is 16.3. The molecule has 3 aromatic rings. The maximum absolute atomic E-state index is 12.3. The lowest BCUT2D eigenvalue weighted by Crippen LogP contribution is -2.40. The largest absolute Gasteiger partial charge is 0.463 e. The van der Waals surface area contributed by atoms with Crippen molar-refractivity contribution in [2.45, 2.75) is 12.5 Å². The van der Waals surface area contributed by atoms with E-state index >= 15 is 0 Å². The van der Waals surface area contributed by atoms with Crippen LogP contribution in [0.5, 0.6) is 0 Å². The summed E-state index contributed by atoms with van der Waals surface area (Å²) in [5, 5.41) is 17.0.